The Morgan fingerprint density at radius 2 is 1.84 bits per heavy atom. The average molecular weight is 407 g/mol. The van der Waals surface area contributed by atoms with Crippen LogP contribution in [0.25, 0.3) is 10.9 Å². The van der Waals surface area contributed by atoms with Crippen LogP contribution in [0.5, 0.6) is 5.75 Å². The molecule has 0 saturated heterocycles. The van der Waals surface area contributed by atoms with Gasteiger partial charge in [0.25, 0.3) is 0 Å². The van der Waals surface area contributed by atoms with Gasteiger partial charge in [-0.2, -0.15) is 5.10 Å². The molecule has 0 spiro atoms. The molecule has 0 aliphatic heterocycles. The molecule has 2 aromatic carbocycles. The number of rotatable bonds is 7. The maximum Gasteiger partial charge on any atom is 0.119 e. The lowest BCUT2D eigenvalue weighted by Crippen LogP contribution is -2.12. The third-order valence-electron chi connectivity index (χ3n) is 4.94. The molecule has 1 aromatic heterocycles. The van der Waals surface area contributed by atoms with Crippen molar-refractivity contribution in [2.75, 3.05) is 7.11 Å². The Kier molecular flexibility index (Phi) is 7.44. The van der Waals surface area contributed by atoms with Crippen molar-refractivity contribution in [1.29, 1.82) is 0 Å². The van der Waals surface area contributed by atoms with Crippen molar-refractivity contribution in [3.63, 3.8) is 0 Å². The monoisotopic (exact) mass is 407 g/mol. The Morgan fingerprint density at radius 3 is 2.58 bits per heavy atom. The topological polar surface area (TPSA) is 46.5 Å². The summed E-state index contributed by atoms with van der Waals surface area (Å²) in [7, 11) is 7.68. The van der Waals surface area contributed by atoms with Gasteiger partial charge in [0.15, 0.2) is 0 Å². The van der Waals surface area contributed by atoms with Crippen molar-refractivity contribution >= 4 is 29.9 Å². The first-order valence-corrected chi connectivity index (χ1v) is 10.1. The summed E-state index contributed by atoms with van der Waals surface area (Å²) in [5, 5.41) is 5.62. The standard InChI is InChI=1S/C26H26BN3O/c1-5-7-18(2)19(3)12-13-29-30-26(20-8-6-9-23(27)15-20)22-14-21-16-24(31-4)10-11-25(21)28-17-22/h5-17,29H,1-4H3/b7-5-,13-12+,19-18-,30-26-. The zero-order valence-corrected chi connectivity index (χ0v) is 18.4. The van der Waals surface area contributed by atoms with Gasteiger partial charge < -0.3 is 4.74 Å². The minimum Gasteiger partial charge on any atom is -0.497 e. The van der Waals surface area contributed by atoms with Gasteiger partial charge in [-0.15, -0.1) is 0 Å². The molecule has 31 heavy (non-hydrogen) atoms. The zero-order valence-electron chi connectivity index (χ0n) is 18.4. The third kappa shape index (κ3) is 5.73. The summed E-state index contributed by atoms with van der Waals surface area (Å²) < 4.78 is 5.36. The molecule has 1 N–H and O–H groups in total. The van der Waals surface area contributed by atoms with E-state index in [1.807, 2.05) is 73.9 Å². The first-order valence-electron chi connectivity index (χ1n) is 10.1. The van der Waals surface area contributed by atoms with Crippen LogP contribution in [0.3, 0.4) is 0 Å². The molecule has 0 fully saturated rings. The van der Waals surface area contributed by atoms with Gasteiger partial charge in [-0.25, -0.2) is 0 Å². The van der Waals surface area contributed by atoms with Gasteiger partial charge >= 0.3 is 0 Å². The summed E-state index contributed by atoms with van der Waals surface area (Å²) in [4.78, 5) is 4.60. The minimum atomic E-state index is 0.678. The van der Waals surface area contributed by atoms with Crippen molar-refractivity contribution in [2.24, 2.45) is 5.10 Å². The highest BCUT2D eigenvalue weighted by Gasteiger charge is 2.10. The predicted molar refractivity (Wildman–Crippen MR) is 131 cm³/mol. The molecule has 1 heterocycles. The van der Waals surface area contributed by atoms with E-state index in [0.717, 1.165) is 39.1 Å². The molecule has 4 nitrogen and oxygen atoms in total. The SMILES string of the molecule is [B]c1cccc(/C(=N/N/C=C/C(C)=C(C)\C=C/C)c2cnc3ccc(OC)cc3c2)c1. The number of pyridine rings is 1. The molecule has 0 aliphatic rings. The number of benzene rings is 2. The van der Waals surface area contributed by atoms with Gasteiger partial charge in [0.2, 0.25) is 0 Å². The number of fused-ring (bicyclic) bond motifs is 1. The number of hydrogen-bond donors (Lipinski definition) is 1. The Bertz CT molecular complexity index is 1190. The Hall–Kier alpha value is -3.60. The number of allylic oxidation sites excluding steroid dienone is 5. The summed E-state index contributed by atoms with van der Waals surface area (Å²) in [5.74, 6) is 0.786. The van der Waals surface area contributed by atoms with Crippen LogP contribution in [0.15, 0.2) is 95.4 Å². The second-order valence-corrected chi connectivity index (χ2v) is 7.20. The maximum absolute atomic E-state index is 6.03. The highest BCUT2D eigenvalue weighted by molar-refractivity contribution is 6.33. The molecule has 154 valence electrons. The molecule has 0 saturated carbocycles. The number of nitrogens with zero attached hydrogens (tertiary/aromatic N) is 2. The second kappa shape index (κ2) is 10.4. The van der Waals surface area contributed by atoms with Crippen molar-refractivity contribution in [3.05, 3.63) is 101 Å². The van der Waals surface area contributed by atoms with E-state index >= 15 is 0 Å². The van der Waals surface area contributed by atoms with E-state index < -0.39 is 0 Å². The van der Waals surface area contributed by atoms with Crippen LogP contribution in [0.2, 0.25) is 0 Å². The van der Waals surface area contributed by atoms with E-state index in [1.54, 1.807) is 7.11 Å². The molecule has 3 rings (SSSR count). The highest BCUT2D eigenvalue weighted by Crippen LogP contribution is 2.21. The summed E-state index contributed by atoms with van der Waals surface area (Å²) in [6.07, 6.45) is 9.75. The second-order valence-electron chi connectivity index (χ2n) is 7.20. The van der Waals surface area contributed by atoms with Crippen LogP contribution >= 0.6 is 0 Å². The lowest BCUT2D eigenvalue weighted by molar-refractivity contribution is 0.415. The molecular weight excluding hydrogens is 381 g/mol. The summed E-state index contributed by atoms with van der Waals surface area (Å²) in [6, 6.07) is 15.5. The maximum atomic E-state index is 6.03. The van der Waals surface area contributed by atoms with Crippen molar-refractivity contribution < 1.29 is 4.74 Å². The van der Waals surface area contributed by atoms with E-state index in [1.165, 1.54) is 5.57 Å². The van der Waals surface area contributed by atoms with E-state index in [2.05, 4.69) is 41.5 Å². The Morgan fingerprint density at radius 1 is 1.03 bits per heavy atom. The van der Waals surface area contributed by atoms with Crippen molar-refractivity contribution in [3.8, 4) is 5.75 Å². The van der Waals surface area contributed by atoms with Crippen LogP contribution in [0, 0.1) is 0 Å². The van der Waals surface area contributed by atoms with Crippen LogP contribution in [0.4, 0.5) is 0 Å². The molecule has 5 heteroatoms. The largest absolute Gasteiger partial charge is 0.497 e. The van der Waals surface area contributed by atoms with Crippen molar-refractivity contribution in [2.45, 2.75) is 20.8 Å². The highest BCUT2D eigenvalue weighted by atomic mass is 16.5. The van der Waals surface area contributed by atoms with Gasteiger partial charge in [0.05, 0.1) is 18.3 Å². The average Bonchev–Trinajstić information content (AvgIpc) is 2.78. The number of hydrazone groups is 1. The molecule has 0 unspecified atom stereocenters. The molecule has 3 aromatic rings. The van der Waals surface area contributed by atoms with Gasteiger partial charge in [0.1, 0.15) is 13.6 Å². The summed E-state index contributed by atoms with van der Waals surface area (Å²) in [5.41, 5.74) is 9.52. The Balaban J connectivity index is 2.00. The normalized spacial score (nSPS) is 13.1. The number of aromatic nitrogens is 1. The Labute approximate surface area is 185 Å². The zero-order chi connectivity index (χ0) is 22.2. The number of ether oxygens (including phenoxy) is 1. The lowest BCUT2D eigenvalue weighted by atomic mass is 9.92. The van der Waals surface area contributed by atoms with Gasteiger partial charge in [0, 0.05) is 28.9 Å². The van der Waals surface area contributed by atoms with Gasteiger partial charge in [-0.05, 0) is 62.3 Å². The van der Waals surface area contributed by atoms with Gasteiger partial charge in [-0.3, -0.25) is 10.4 Å². The number of hydrogen-bond acceptors (Lipinski definition) is 4. The summed E-state index contributed by atoms with van der Waals surface area (Å²) in [6.45, 7) is 6.15. The van der Waals surface area contributed by atoms with Crippen LogP contribution in [-0.4, -0.2) is 25.7 Å². The molecule has 0 aliphatic carbocycles. The fourth-order valence-electron chi connectivity index (χ4n) is 3.12. The van der Waals surface area contributed by atoms with Gasteiger partial charge in [-0.1, -0.05) is 41.9 Å². The third-order valence-corrected chi connectivity index (χ3v) is 4.94. The molecule has 0 atom stereocenters. The quantitative estimate of drug-likeness (QED) is 0.265. The fourth-order valence-corrected chi connectivity index (χ4v) is 3.12. The molecule has 0 amide bonds. The van der Waals surface area contributed by atoms with Crippen LogP contribution in [-0.2, 0) is 0 Å². The summed E-state index contributed by atoms with van der Waals surface area (Å²) >= 11 is 0. The molecule has 2 radical (unpaired) electrons. The molecule has 0 bridgehead atoms. The van der Waals surface area contributed by atoms with E-state index in [9.17, 15) is 0 Å². The van der Waals surface area contributed by atoms with E-state index in [0.29, 0.717) is 5.46 Å². The van der Waals surface area contributed by atoms with Crippen LogP contribution < -0.4 is 15.6 Å². The minimum absolute atomic E-state index is 0.678. The van der Waals surface area contributed by atoms with E-state index in [4.69, 9.17) is 12.6 Å². The predicted octanol–water partition coefficient (Wildman–Crippen LogP) is 4.81. The molecular formula is C26H26BN3O. The lowest BCUT2D eigenvalue weighted by Gasteiger charge is -2.10. The smallest absolute Gasteiger partial charge is 0.119 e. The number of methoxy groups -OCH3 is 1. The first kappa shape index (κ1) is 22.1. The number of nitrogens with one attached hydrogen (secondary N) is 1. The first-order chi connectivity index (χ1) is 15.0. The van der Waals surface area contributed by atoms with Crippen molar-refractivity contribution in [1.82, 2.24) is 10.4 Å². The fraction of sp³-hybridized carbons (Fsp3) is 0.154. The van der Waals surface area contributed by atoms with E-state index in [-0.39, 0.29) is 0 Å². The van der Waals surface area contributed by atoms with Crippen LogP contribution in [0.1, 0.15) is 31.9 Å².